The van der Waals surface area contributed by atoms with Crippen molar-refractivity contribution in [1.29, 1.82) is 0 Å². The van der Waals surface area contributed by atoms with E-state index in [1.807, 2.05) is 30.3 Å². The van der Waals surface area contributed by atoms with Crippen LogP contribution in [-0.4, -0.2) is 43.5 Å². The lowest BCUT2D eigenvalue weighted by Crippen LogP contribution is -2.14. The number of halogens is 1. The van der Waals surface area contributed by atoms with Gasteiger partial charge in [0.1, 0.15) is 5.75 Å². The Morgan fingerprint density at radius 1 is 0.893 bits per heavy atom. The minimum atomic E-state index is -1.82. The summed E-state index contributed by atoms with van der Waals surface area (Å²) >= 11 is 3.48. The van der Waals surface area contributed by atoms with E-state index in [9.17, 15) is 0 Å². The van der Waals surface area contributed by atoms with E-state index in [-0.39, 0.29) is 0 Å². The van der Waals surface area contributed by atoms with E-state index in [2.05, 4.69) is 27.3 Å². The Morgan fingerprint density at radius 3 is 2.04 bits per heavy atom. The maximum Gasteiger partial charge on any atom is 0.414 e. The van der Waals surface area contributed by atoms with E-state index in [4.69, 9.17) is 34.0 Å². The van der Waals surface area contributed by atoms with Crippen LogP contribution in [0.15, 0.2) is 40.9 Å². The molecule has 0 aromatic heterocycles. The Bertz CT molecular complexity index is 799. The smallest absolute Gasteiger partial charge is 0.414 e. The molecule has 0 aliphatic carbocycles. The van der Waals surface area contributed by atoms with Crippen molar-refractivity contribution in [3.8, 4) is 17.2 Å². The number of aliphatic carboxylic acids is 2. The van der Waals surface area contributed by atoms with Crippen LogP contribution in [0.5, 0.6) is 17.2 Å². The van der Waals surface area contributed by atoms with Gasteiger partial charge in [0, 0.05) is 28.7 Å². The van der Waals surface area contributed by atoms with Crippen LogP contribution in [0.1, 0.15) is 11.1 Å². The maximum absolute atomic E-state index is 9.10. The molecule has 0 amide bonds. The topological polar surface area (TPSA) is 114 Å². The van der Waals surface area contributed by atoms with Gasteiger partial charge in [-0.2, -0.15) is 0 Å². The van der Waals surface area contributed by atoms with Crippen molar-refractivity contribution < 1.29 is 34.0 Å². The minimum Gasteiger partial charge on any atom is -0.496 e. The summed E-state index contributed by atoms with van der Waals surface area (Å²) in [6.07, 6.45) is 0. The summed E-state index contributed by atoms with van der Waals surface area (Å²) in [7, 11) is 4.97. The van der Waals surface area contributed by atoms with Crippen molar-refractivity contribution in [3.05, 3.63) is 52.0 Å². The van der Waals surface area contributed by atoms with Gasteiger partial charge in [-0.25, -0.2) is 9.59 Å². The van der Waals surface area contributed by atoms with Crippen LogP contribution in [0.25, 0.3) is 0 Å². The zero-order valence-electron chi connectivity index (χ0n) is 15.7. The molecule has 0 heterocycles. The van der Waals surface area contributed by atoms with Gasteiger partial charge in [-0.15, -0.1) is 0 Å². The number of carboxylic acids is 2. The number of para-hydroxylation sites is 1. The highest BCUT2D eigenvalue weighted by Crippen LogP contribution is 2.30. The number of methoxy groups -OCH3 is 3. The zero-order chi connectivity index (χ0) is 21.1. The maximum atomic E-state index is 9.10. The van der Waals surface area contributed by atoms with E-state index in [0.717, 1.165) is 32.8 Å². The third-order valence-corrected chi connectivity index (χ3v) is 4.03. The van der Waals surface area contributed by atoms with Crippen LogP contribution in [-0.2, 0) is 22.7 Å². The molecule has 2 aromatic carbocycles. The van der Waals surface area contributed by atoms with Crippen LogP contribution in [0, 0.1) is 0 Å². The first-order valence-electron chi connectivity index (χ1n) is 8.03. The van der Waals surface area contributed by atoms with Crippen molar-refractivity contribution in [2.75, 3.05) is 21.3 Å². The van der Waals surface area contributed by atoms with E-state index in [1.54, 1.807) is 21.3 Å². The second-order valence-electron chi connectivity index (χ2n) is 5.32. The van der Waals surface area contributed by atoms with Crippen molar-refractivity contribution >= 4 is 27.9 Å². The Hall–Kier alpha value is -2.78. The zero-order valence-corrected chi connectivity index (χ0v) is 17.3. The Labute approximate surface area is 171 Å². The quantitative estimate of drug-likeness (QED) is 0.545. The average Bonchev–Trinajstić information content (AvgIpc) is 2.68. The van der Waals surface area contributed by atoms with Crippen molar-refractivity contribution in [2.24, 2.45) is 0 Å². The van der Waals surface area contributed by atoms with Crippen molar-refractivity contribution in [1.82, 2.24) is 5.32 Å². The van der Waals surface area contributed by atoms with E-state index >= 15 is 0 Å². The van der Waals surface area contributed by atoms with Gasteiger partial charge >= 0.3 is 11.9 Å². The van der Waals surface area contributed by atoms with Crippen molar-refractivity contribution in [2.45, 2.75) is 13.1 Å². The third kappa shape index (κ3) is 7.09. The summed E-state index contributed by atoms with van der Waals surface area (Å²) in [4.78, 5) is 18.2. The number of carboxylic acid groups (broad SMARTS) is 2. The molecule has 0 atom stereocenters. The van der Waals surface area contributed by atoms with Crippen LogP contribution in [0.3, 0.4) is 0 Å². The van der Waals surface area contributed by atoms with Crippen LogP contribution in [0.4, 0.5) is 0 Å². The lowest BCUT2D eigenvalue weighted by Gasteiger charge is -2.14. The summed E-state index contributed by atoms with van der Waals surface area (Å²) in [5.74, 6) is -1.28. The van der Waals surface area contributed by atoms with Crippen LogP contribution < -0.4 is 19.5 Å². The molecule has 0 aliphatic heterocycles. The number of carbonyl (C=O) groups is 2. The largest absolute Gasteiger partial charge is 0.496 e. The van der Waals surface area contributed by atoms with E-state index in [0.29, 0.717) is 13.1 Å². The van der Waals surface area contributed by atoms with Crippen LogP contribution in [0.2, 0.25) is 0 Å². The number of nitrogens with one attached hydrogen (secondary N) is 1. The fraction of sp³-hybridized carbons (Fsp3) is 0.263. The second kappa shape index (κ2) is 11.8. The molecule has 28 heavy (non-hydrogen) atoms. The molecule has 2 rings (SSSR count). The summed E-state index contributed by atoms with van der Waals surface area (Å²) in [5, 5.41) is 18.2. The SMILES string of the molecule is COc1ccc(Br)cc1CNCc1cccc(OC)c1OC.O=C(O)C(=O)O. The minimum absolute atomic E-state index is 0.677. The van der Waals surface area contributed by atoms with Crippen LogP contribution >= 0.6 is 15.9 Å². The average molecular weight is 456 g/mol. The second-order valence-corrected chi connectivity index (χ2v) is 6.24. The van der Waals surface area contributed by atoms with Gasteiger partial charge in [0.05, 0.1) is 21.3 Å². The van der Waals surface area contributed by atoms with Gasteiger partial charge in [-0.05, 0) is 24.3 Å². The van der Waals surface area contributed by atoms with E-state index < -0.39 is 11.9 Å². The highest BCUT2D eigenvalue weighted by Gasteiger charge is 2.10. The van der Waals surface area contributed by atoms with Gasteiger partial charge in [-0.1, -0.05) is 28.1 Å². The molecule has 0 radical (unpaired) electrons. The first-order chi connectivity index (χ1) is 13.3. The molecule has 0 saturated carbocycles. The standard InChI is InChI=1S/C17H20BrNO3.C2H2O4/c1-20-15-8-7-14(18)9-13(15)11-19-10-12-5-4-6-16(21-2)17(12)22-3;3-1(4)2(5)6/h4-9,19H,10-11H2,1-3H3;(H,3,4)(H,5,6). The third-order valence-electron chi connectivity index (χ3n) is 3.54. The number of hydrogen-bond donors (Lipinski definition) is 3. The molecule has 9 heteroatoms. The Balaban J connectivity index is 0.000000568. The lowest BCUT2D eigenvalue weighted by atomic mass is 10.1. The number of ether oxygens (including phenoxy) is 3. The summed E-state index contributed by atoms with van der Waals surface area (Å²) in [6, 6.07) is 11.8. The molecule has 152 valence electrons. The highest BCUT2D eigenvalue weighted by molar-refractivity contribution is 9.10. The fourth-order valence-corrected chi connectivity index (χ4v) is 2.72. The predicted molar refractivity (Wildman–Crippen MR) is 106 cm³/mol. The molecular formula is C19H22BrNO7. The van der Waals surface area contributed by atoms with Gasteiger partial charge in [0.15, 0.2) is 11.5 Å². The Kier molecular flexibility index (Phi) is 9.83. The summed E-state index contributed by atoms with van der Waals surface area (Å²) in [6.45, 7) is 1.37. The first-order valence-corrected chi connectivity index (χ1v) is 8.82. The lowest BCUT2D eigenvalue weighted by molar-refractivity contribution is -0.159. The molecule has 0 fully saturated rings. The molecule has 2 aromatic rings. The number of rotatable bonds is 7. The molecule has 0 aliphatic rings. The van der Waals surface area contributed by atoms with Gasteiger partial charge in [0.2, 0.25) is 0 Å². The first kappa shape index (κ1) is 23.3. The number of hydrogen-bond acceptors (Lipinski definition) is 6. The molecule has 0 bridgehead atoms. The summed E-state index contributed by atoms with van der Waals surface area (Å²) < 4.78 is 17.2. The van der Waals surface area contributed by atoms with Gasteiger partial charge in [0.25, 0.3) is 0 Å². The molecule has 8 nitrogen and oxygen atoms in total. The molecule has 0 spiro atoms. The predicted octanol–water partition coefficient (Wildman–Crippen LogP) is 2.92. The molecule has 3 N–H and O–H groups in total. The van der Waals surface area contributed by atoms with Gasteiger partial charge < -0.3 is 29.7 Å². The van der Waals surface area contributed by atoms with Gasteiger partial charge in [-0.3, -0.25) is 0 Å². The normalized spacial score (nSPS) is 9.71. The highest BCUT2D eigenvalue weighted by atomic mass is 79.9. The number of benzene rings is 2. The van der Waals surface area contributed by atoms with Crippen molar-refractivity contribution in [3.63, 3.8) is 0 Å². The molecular weight excluding hydrogens is 434 g/mol. The van der Waals surface area contributed by atoms with E-state index in [1.165, 1.54) is 0 Å². The Morgan fingerprint density at radius 2 is 1.50 bits per heavy atom. The molecule has 0 saturated heterocycles. The summed E-state index contributed by atoms with van der Waals surface area (Å²) in [5.41, 5.74) is 2.15. The monoisotopic (exact) mass is 455 g/mol. The fourth-order valence-electron chi connectivity index (χ4n) is 2.31. The molecule has 0 unspecified atom stereocenters.